The molecule has 2 N–H and O–H groups in total. The fourth-order valence-electron chi connectivity index (χ4n) is 2.36. The van der Waals surface area contributed by atoms with Crippen LogP contribution in [-0.2, 0) is 0 Å². The quantitative estimate of drug-likeness (QED) is 0.821. The summed E-state index contributed by atoms with van der Waals surface area (Å²) >= 11 is 0. The largest absolute Gasteiger partial charge is 0.335 e. The van der Waals surface area contributed by atoms with Crippen molar-refractivity contribution in [2.45, 2.75) is 12.5 Å². The Hall–Kier alpha value is -1.94. The zero-order chi connectivity index (χ0) is 12.8. The topological polar surface area (TPSA) is 59.2 Å². The Labute approximate surface area is 105 Å². The normalized spacial score (nSPS) is 17.6. The van der Waals surface area contributed by atoms with Gasteiger partial charge in [-0.1, -0.05) is 6.07 Å². The lowest BCUT2D eigenvalue weighted by Gasteiger charge is -2.45. The number of aromatic nitrogens is 1. The number of hydrogen-bond acceptors (Lipinski definition) is 3. The SMILES string of the molecule is CC1(N)CN(C(=O)c2ccc3ncccc3c2)C1. The summed E-state index contributed by atoms with van der Waals surface area (Å²) in [6.45, 7) is 3.20. The standard InChI is InChI=1S/C14H15N3O/c1-14(15)8-17(9-14)13(18)11-4-5-12-10(7-11)3-2-6-16-12/h2-7H,8-9,15H2,1H3. The molecule has 0 unspecified atom stereocenters. The van der Waals surface area contributed by atoms with Crippen LogP contribution in [0.5, 0.6) is 0 Å². The molecule has 18 heavy (non-hydrogen) atoms. The number of nitrogens with two attached hydrogens (primary N) is 1. The average Bonchev–Trinajstić information content (AvgIpc) is 2.34. The van der Waals surface area contributed by atoms with E-state index in [2.05, 4.69) is 4.98 Å². The summed E-state index contributed by atoms with van der Waals surface area (Å²) in [5.74, 6) is 0.0451. The second-order valence-electron chi connectivity index (χ2n) is 5.23. The second kappa shape index (κ2) is 3.78. The van der Waals surface area contributed by atoms with E-state index in [1.807, 2.05) is 37.3 Å². The van der Waals surface area contributed by atoms with Gasteiger partial charge in [0, 0.05) is 35.8 Å². The Morgan fingerprint density at radius 2 is 2.17 bits per heavy atom. The van der Waals surface area contributed by atoms with E-state index in [0.717, 1.165) is 10.9 Å². The third-order valence-corrected chi connectivity index (χ3v) is 3.24. The van der Waals surface area contributed by atoms with Crippen molar-refractivity contribution in [2.75, 3.05) is 13.1 Å². The van der Waals surface area contributed by atoms with Crippen molar-refractivity contribution in [1.29, 1.82) is 0 Å². The Bertz CT molecular complexity index is 613. The van der Waals surface area contributed by atoms with Gasteiger partial charge < -0.3 is 10.6 Å². The summed E-state index contributed by atoms with van der Waals surface area (Å²) in [7, 11) is 0. The first kappa shape index (κ1) is 11.2. The van der Waals surface area contributed by atoms with Gasteiger partial charge in [-0.25, -0.2) is 0 Å². The molecule has 0 aliphatic carbocycles. The molecule has 0 atom stereocenters. The minimum absolute atomic E-state index is 0.0451. The first-order valence-corrected chi connectivity index (χ1v) is 5.98. The molecule has 0 saturated carbocycles. The lowest BCUT2D eigenvalue weighted by Crippen LogP contribution is -2.66. The molecule has 0 bridgehead atoms. The van der Waals surface area contributed by atoms with E-state index in [-0.39, 0.29) is 11.4 Å². The number of carbonyl (C=O) groups is 1. The summed E-state index contributed by atoms with van der Waals surface area (Å²) in [5.41, 5.74) is 7.29. The molecule has 2 heterocycles. The van der Waals surface area contributed by atoms with Crippen molar-refractivity contribution in [3.8, 4) is 0 Å². The highest BCUT2D eigenvalue weighted by atomic mass is 16.2. The predicted octanol–water partition coefficient (Wildman–Crippen LogP) is 1.41. The highest BCUT2D eigenvalue weighted by molar-refractivity contribution is 5.98. The number of pyridine rings is 1. The molecule has 1 aliphatic rings. The number of benzene rings is 1. The van der Waals surface area contributed by atoms with Crippen LogP contribution in [0.3, 0.4) is 0 Å². The number of likely N-dealkylation sites (tertiary alicyclic amines) is 1. The second-order valence-corrected chi connectivity index (χ2v) is 5.23. The van der Waals surface area contributed by atoms with Crippen LogP contribution in [0, 0.1) is 0 Å². The molecule has 4 nitrogen and oxygen atoms in total. The van der Waals surface area contributed by atoms with Crippen LogP contribution >= 0.6 is 0 Å². The van der Waals surface area contributed by atoms with Gasteiger partial charge in [-0.05, 0) is 31.2 Å². The fraction of sp³-hybridized carbons (Fsp3) is 0.286. The maximum absolute atomic E-state index is 12.2. The highest BCUT2D eigenvalue weighted by Crippen LogP contribution is 2.21. The number of amides is 1. The first-order chi connectivity index (χ1) is 8.55. The van der Waals surface area contributed by atoms with Gasteiger partial charge in [0.15, 0.2) is 0 Å². The van der Waals surface area contributed by atoms with Crippen molar-refractivity contribution in [3.05, 3.63) is 42.1 Å². The van der Waals surface area contributed by atoms with Gasteiger partial charge in [-0.15, -0.1) is 0 Å². The zero-order valence-electron chi connectivity index (χ0n) is 10.3. The van der Waals surface area contributed by atoms with Gasteiger partial charge >= 0.3 is 0 Å². The van der Waals surface area contributed by atoms with Gasteiger partial charge in [0.2, 0.25) is 0 Å². The van der Waals surface area contributed by atoms with Gasteiger partial charge in [-0.3, -0.25) is 9.78 Å². The third-order valence-electron chi connectivity index (χ3n) is 3.24. The molecular formula is C14H15N3O. The average molecular weight is 241 g/mol. The van der Waals surface area contributed by atoms with Crippen LogP contribution in [-0.4, -0.2) is 34.4 Å². The van der Waals surface area contributed by atoms with Gasteiger partial charge in [0.1, 0.15) is 0 Å². The van der Waals surface area contributed by atoms with E-state index >= 15 is 0 Å². The minimum atomic E-state index is -0.228. The first-order valence-electron chi connectivity index (χ1n) is 5.98. The molecule has 1 aliphatic heterocycles. The zero-order valence-corrected chi connectivity index (χ0v) is 10.3. The monoisotopic (exact) mass is 241 g/mol. The Balaban J connectivity index is 1.88. The van der Waals surface area contributed by atoms with E-state index in [1.165, 1.54) is 0 Å². The number of carbonyl (C=O) groups excluding carboxylic acids is 1. The van der Waals surface area contributed by atoms with Gasteiger partial charge in [-0.2, -0.15) is 0 Å². The summed E-state index contributed by atoms with van der Waals surface area (Å²) < 4.78 is 0. The maximum atomic E-state index is 12.2. The van der Waals surface area contributed by atoms with Gasteiger partial charge in [0.05, 0.1) is 5.52 Å². The van der Waals surface area contributed by atoms with Crippen LogP contribution in [0.1, 0.15) is 17.3 Å². The molecule has 1 saturated heterocycles. The molecule has 1 aromatic heterocycles. The molecule has 0 spiro atoms. The van der Waals surface area contributed by atoms with Crippen molar-refractivity contribution in [1.82, 2.24) is 9.88 Å². The van der Waals surface area contributed by atoms with Gasteiger partial charge in [0.25, 0.3) is 5.91 Å². The van der Waals surface area contributed by atoms with E-state index in [1.54, 1.807) is 11.1 Å². The van der Waals surface area contributed by atoms with E-state index in [4.69, 9.17) is 5.73 Å². The van der Waals surface area contributed by atoms with Crippen molar-refractivity contribution in [3.63, 3.8) is 0 Å². The molecule has 2 aromatic rings. The fourth-order valence-corrected chi connectivity index (χ4v) is 2.36. The molecule has 1 amide bonds. The number of nitrogens with zero attached hydrogens (tertiary/aromatic N) is 2. The molecule has 3 rings (SSSR count). The summed E-state index contributed by atoms with van der Waals surface area (Å²) in [5, 5.41) is 0.986. The number of hydrogen-bond donors (Lipinski definition) is 1. The van der Waals surface area contributed by atoms with Crippen molar-refractivity contribution < 1.29 is 4.79 Å². The Morgan fingerprint density at radius 1 is 1.39 bits per heavy atom. The van der Waals surface area contributed by atoms with E-state index < -0.39 is 0 Å². The van der Waals surface area contributed by atoms with Crippen LogP contribution in [0.4, 0.5) is 0 Å². The highest BCUT2D eigenvalue weighted by Gasteiger charge is 2.38. The third kappa shape index (κ3) is 1.84. The maximum Gasteiger partial charge on any atom is 0.254 e. The number of rotatable bonds is 1. The molecule has 0 radical (unpaired) electrons. The smallest absolute Gasteiger partial charge is 0.254 e. The molecule has 1 fully saturated rings. The molecule has 1 aromatic carbocycles. The minimum Gasteiger partial charge on any atom is -0.335 e. The summed E-state index contributed by atoms with van der Waals surface area (Å²) in [6.07, 6.45) is 1.75. The molecular weight excluding hydrogens is 226 g/mol. The number of fused-ring (bicyclic) bond motifs is 1. The predicted molar refractivity (Wildman–Crippen MR) is 70.2 cm³/mol. The Kier molecular flexibility index (Phi) is 2.35. The van der Waals surface area contributed by atoms with Crippen LogP contribution in [0.25, 0.3) is 10.9 Å². The van der Waals surface area contributed by atoms with E-state index in [0.29, 0.717) is 18.7 Å². The van der Waals surface area contributed by atoms with E-state index in [9.17, 15) is 4.79 Å². The lowest BCUT2D eigenvalue weighted by molar-refractivity contribution is 0.0454. The summed E-state index contributed by atoms with van der Waals surface area (Å²) in [6, 6.07) is 9.42. The van der Waals surface area contributed by atoms with Crippen LogP contribution in [0.2, 0.25) is 0 Å². The molecule has 92 valence electrons. The Morgan fingerprint density at radius 3 is 2.89 bits per heavy atom. The summed E-state index contributed by atoms with van der Waals surface area (Å²) in [4.78, 5) is 18.2. The van der Waals surface area contributed by atoms with Crippen LogP contribution in [0.15, 0.2) is 36.5 Å². The lowest BCUT2D eigenvalue weighted by atomic mass is 9.93. The van der Waals surface area contributed by atoms with Crippen LogP contribution < -0.4 is 5.73 Å². The van der Waals surface area contributed by atoms with Crippen molar-refractivity contribution in [2.24, 2.45) is 5.73 Å². The van der Waals surface area contributed by atoms with Crippen molar-refractivity contribution >= 4 is 16.8 Å². The molecule has 4 heteroatoms.